The second-order valence-corrected chi connectivity index (χ2v) is 6.15. The molecule has 1 unspecified atom stereocenters. The van der Waals surface area contributed by atoms with Gasteiger partial charge in [0.15, 0.2) is 11.5 Å². The quantitative estimate of drug-likeness (QED) is 0.859. The highest BCUT2D eigenvalue weighted by Crippen LogP contribution is 2.37. The van der Waals surface area contributed by atoms with E-state index in [9.17, 15) is 4.79 Å². The molecule has 0 saturated heterocycles. The fraction of sp³-hybridized carbons (Fsp3) is 0.353. The summed E-state index contributed by atoms with van der Waals surface area (Å²) in [7, 11) is 3.76. The Balaban J connectivity index is 1.62. The van der Waals surface area contributed by atoms with E-state index in [-0.39, 0.29) is 18.7 Å². The summed E-state index contributed by atoms with van der Waals surface area (Å²) in [5.41, 5.74) is 2.35. The van der Waals surface area contributed by atoms with Gasteiger partial charge in [0.2, 0.25) is 12.7 Å². The zero-order chi connectivity index (χ0) is 16.8. The van der Waals surface area contributed by atoms with Gasteiger partial charge in [-0.1, -0.05) is 6.07 Å². The standard InChI is InChI=1S/C17H18N4O3/c1-10(11-4-5-14-15(6-11)24-9-23-14)21-8-13-12(16(21)22)7-18-17(19-13)20(2)3/h4-7,10H,8-9H2,1-3H3. The normalized spacial score (nSPS) is 16.3. The highest BCUT2D eigenvalue weighted by Gasteiger charge is 2.33. The van der Waals surface area contributed by atoms with Crippen molar-refractivity contribution in [3.05, 3.63) is 41.2 Å². The number of rotatable bonds is 3. The van der Waals surface area contributed by atoms with Crippen molar-refractivity contribution in [2.45, 2.75) is 19.5 Å². The molecule has 2 aromatic rings. The first-order chi connectivity index (χ1) is 11.5. The zero-order valence-corrected chi connectivity index (χ0v) is 13.8. The zero-order valence-electron chi connectivity index (χ0n) is 13.8. The fourth-order valence-corrected chi connectivity index (χ4v) is 2.97. The van der Waals surface area contributed by atoms with Crippen molar-refractivity contribution in [3.8, 4) is 11.5 Å². The third kappa shape index (κ3) is 2.24. The molecular weight excluding hydrogens is 308 g/mol. The summed E-state index contributed by atoms with van der Waals surface area (Å²) in [5, 5.41) is 0. The number of hydrogen-bond donors (Lipinski definition) is 0. The van der Waals surface area contributed by atoms with Crippen LogP contribution in [0.15, 0.2) is 24.4 Å². The summed E-state index contributed by atoms with van der Waals surface area (Å²) in [4.78, 5) is 25.1. The number of nitrogens with zero attached hydrogens (tertiary/aromatic N) is 4. The molecule has 0 radical (unpaired) electrons. The highest BCUT2D eigenvalue weighted by atomic mass is 16.7. The summed E-state index contributed by atoms with van der Waals surface area (Å²) in [6, 6.07) is 5.68. The van der Waals surface area contributed by atoms with Crippen molar-refractivity contribution in [2.24, 2.45) is 0 Å². The molecule has 0 fully saturated rings. The first kappa shape index (κ1) is 14.7. The number of aromatic nitrogens is 2. The lowest BCUT2D eigenvalue weighted by atomic mass is 10.1. The first-order valence-corrected chi connectivity index (χ1v) is 7.78. The lowest BCUT2D eigenvalue weighted by Crippen LogP contribution is -2.27. The molecule has 7 nitrogen and oxygen atoms in total. The maximum absolute atomic E-state index is 12.7. The van der Waals surface area contributed by atoms with E-state index in [1.54, 1.807) is 11.1 Å². The van der Waals surface area contributed by atoms with Crippen LogP contribution in [0.4, 0.5) is 5.95 Å². The van der Waals surface area contributed by atoms with Crippen LogP contribution in [0.5, 0.6) is 11.5 Å². The van der Waals surface area contributed by atoms with Crippen molar-refractivity contribution in [1.82, 2.24) is 14.9 Å². The number of carbonyl (C=O) groups is 1. The smallest absolute Gasteiger partial charge is 0.258 e. The van der Waals surface area contributed by atoms with Gasteiger partial charge in [-0.3, -0.25) is 4.79 Å². The largest absolute Gasteiger partial charge is 0.454 e. The average Bonchev–Trinajstić information content (AvgIpc) is 3.17. The van der Waals surface area contributed by atoms with Crippen LogP contribution in [0, 0.1) is 0 Å². The van der Waals surface area contributed by atoms with Gasteiger partial charge in [-0.15, -0.1) is 0 Å². The third-order valence-corrected chi connectivity index (χ3v) is 4.41. The number of amides is 1. The Labute approximate surface area is 139 Å². The minimum atomic E-state index is -0.0935. The van der Waals surface area contributed by atoms with Gasteiger partial charge in [0, 0.05) is 20.3 Å². The average molecular weight is 326 g/mol. The van der Waals surface area contributed by atoms with Crippen LogP contribution in [0.3, 0.4) is 0 Å². The lowest BCUT2D eigenvalue weighted by Gasteiger charge is -2.24. The molecule has 1 amide bonds. The van der Waals surface area contributed by atoms with E-state index >= 15 is 0 Å². The van der Waals surface area contributed by atoms with Crippen molar-refractivity contribution < 1.29 is 14.3 Å². The van der Waals surface area contributed by atoms with E-state index in [1.165, 1.54) is 0 Å². The number of carbonyl (C=O) groups excluding carboxylic acids is 1. The van der Waals surface area contributed by atoms with Gasteiger partial charge in [-0.25, -0.2) is 9.97 Å². The summed E-state index contributed by atoms with van der Waals surface area (Å²) in [5.74, 6) is 2.03. The molecule has 2 aliphatic rings. The molecule has 24 heavy (non-hydrogen) atoms. The molecule has 0 spiro atoms. The molecule has 4 rings (SSSR count). The second-order valence-electron chi connectivity index (χ2n) is 6.15. The molecule has 1 atom stereocenters. The van der Waals surface area contributed by atoms with Gasteiger partial charge >= 0.3 is 0 Å². The van der Waals surface area contributed by atoms with E-state index in [1.807, 2.05) is 44.1 Å². The Morgan fingerprint density at radius 2 is 2.04 bits per heavy atom. The Kier molecular flexibility index (Phi) is 3.30. The van der Waals surface area contributed by atoms with Crippen LogP contribution in [0.1, 0.15) is 34.6 Å². The number of hydrogen-bond acceptors (Lipinski definition) is 6. The second kappa shape index (κ2) is 5.36. The molecule has 3 heterocycles. The van der Waals surface area contributed by atoms with Crippen LogP contribution >= 0.6 is 0 Å². The fourth-order valence-electron chi connectivity index (χ4n) is 2.97. The van der Waals surface area contributed by atoms with Crippen LogP contribution in [0.25, 0.3) is 0 Å². The van der Waals surface area contributed by atoms with Gasteiger partial charge in [0.05, 0.1) is 23.8 Å². The summed E-state index contributed by atoms with van der Waals surface area (Å²) < 4.78 is 10.8. The third-order valence-electron chi connectivity index (χ3n) is 4.41. The molecule has 2 aliphatic heterocycles. The molecule has 0 saturated carbocycles. The number of ether oxygens (including phenoxy) is 2. The van der Waals surface area contributed by atoms with Crippen LogP contribution < -0.4 is 14.4 Å². The monoisotopic (exact) mass is 326 g/mol. The maximum Gasteiger partial charge on any atom is 0.258 e. The molecule has 1 aromatic carbocycles. The van der Waals surface area contributed by atoms with Crippen LogP contribution in [-0.4, -0.2) is 41.7 Å². The summed E-state index contributed by atoms with van der Waals surface area (Å²) in [6.45, 7) is 2.72. The van der Waals surface area contributed by atoms with Gasteiger partial charge in [-0.2, -0.15) is 0 Å². The van der Waals surface area contributed by atoms with Crippen molar-refractivity contribution in [3.63, 3.8) is 0 Å². The number of benzene rings is 1. The molecule has 124 valence electrons. The lowest BCUT2D eigenvalue weighted by molar-refractivity contribution is 0.0715. The first-order valence-electron chi connectivity index (χ1n) is 7.78. The maximum atomic E-state index is 12.7. The minimum Gasteiger partial charge on any atom is -0.454 e. The molecule has 1 aromatic heterocycles. The van der Waals surface area contributed by atoms with Gasteiger partial charge in [0.1, 0.15) is 0 Å². The molecule has 0 bridgehead atoms. The Hall–Kier alpha value is -2.83. The predicted molar refractivity (Wildman–Crippen MR) is 87.2 cm³/mol. The predicted octanol–water partition coefficient (Wildman–Crippen LogP) is 1.99. The van der Waals surface area contributed by atoms with Gasteiger partial charge in [-0.05, 0) is 24.6 Å². The van der Waals surface area contributed by atoms with E-state index < -0.39 is 0 Å². The van der Waals surface area contributed by atoms with Crippen LogP contribution in [0.2, 0.25) is 0 Å². The molecule has 0 aliphatic carbocycles. The summed E-state index contributed by atoms with van der Waals surface area (Å²) >= 11 is 0. The Morgan fingerprint density at radius 3 is 2.83 bits per heavy atom. The Bertz CT molecular complexity index is 821. The summed E-state index contributed by atoms with van der Waals surface area (Å²) in [6.07, 6.45) is 1.62. The van der Waals surface area contributed by atoms with Crippen molar-refractivity contribution in [1.29, 1.82) is 0 Å². The number of anilines is 1. The highest BCUT2D eigenvalue weighted by molar-refractivity contribution is 5.97. The van der Waals surface area contributed by atoms with Crippen molar-refractivity contribution in [2.75, 3.05) is 25.8 Å². The van der Waals surface area contributed by atoms with Gasteiger partial charge in [0.25, 0.3) is 5.91 Å². The molecule has 0 N–H and O–H groups in total. The van der Waals surface area contributed by atoms with E-state index in [0.29, 0.717) is 18.1 Å². The van der Waals surface area contributed by atoms with Gasteiger partial charge < -0.3 is 19.3 Å². The van der Waals surface area contributed by atoms with Crippen molar-refractivity contribution >= 4 is 11.9 Å². The van der Waals surface area contributed by atoms with Crippen LogP contribution in [-0.2, 0) is 6.54 Å². The Morgan fingerprint density at radius 1 is 1.25 bits per heavy atom. The van der Waals surface area contributed by atoms with E-state index in [2.05, 4.69) is 9.97 Å². The minimum absolute atomic E-state index is 0.0412. The number of fused-ring (bicyclic) bond motifs is 2. The SMILES string of the molecule is CC(c1ccc2c(c1)OCO2)N1Cc2nc(N(C)C)ncc2C1=O. The van der Waals surface area contributed by atoms with E-state index in [4.69, 9.17) is 9.47 Å². The molecule has 7 heteroatoms. The molecular formula is C17H18N4O3. The topological polar surface area (TPSA) is 67.8 Å². The van der Waals surface area contributed by atoms with E-state index in [0.717, 1.165) is 22.8 Å².